The maximum atomic E-state index is 3.87. The van der Waals surface area contributed by atoms with Gasteiger partial charge in [-0.25, -0.2) is 0 Å². The molecule has 0 aromatic carbocycles. The quantitative estimate of drug-likeness (QED) is 0.510. The van der Waals surface area contributed by atoms with Gasteiger partial charge in [-0.1, -0.05) is 48.5 Å². The largest absolute Gasteiger partial charge is 0.297 e. The molecule has 1 rings (SSSR count). The van der Waals surface area contributed by atoms with Gasteiger partial charge in [0.15, 0.2) is 0 Å². The van der Waals surface area contributed by atoms with E-state index < -0.39 is 0 Å². The van der Waals surface area contributed by atoms with Crippen LogP contribution in [0.25, 0.3) is 0 Å². The van der Waals surface area contributed by atoms with Crippen LogP contribution in [0.1, 0.15) is 48.5 Å². The van der Waals surface area contributed by atoms with Crippen molar-refractivity contribution >= 4 is 6.21 Å². The van der Waals surface area contributed by atoms with Crippen LogP contribution in [0.15, 0.2) is 4.99 Å². The Morgan fingerprint density at radius 3 is 1.18 bits per heavy atom. The third-order valence-electron chi connectivity index (χ3n) is 0.753. The highest BCUT2D eigenvalue weighted by molar-refractivity contribution is 5.65. The fourth-order valence-electron chi connectivity index (χ4n) is 0.316. The van der Waals surface area contributed by atoms with E-state index in [0.29, 0.717) is 0 Å². The van der Waals surface area contributed by atoms with E-state index in [0.717, 1.165) is 12.5 Å². The van der Waals surface area contributed by atoms with E-state index in [-0.39, 0.29) is 0 Å². The summed E-state index contributed by atoms with van der Waals surface area (Å²) in [7, 11) is 0. The summed E-state index contributed by atoms with van der Waals surface area (Å²) in [5.41, 5.74) is 0. The minimum atomic E-state index is 0.773. The van der Waals surface area contributed by atoms with E-state index in [2.05, 4.69) is 11.9 Å². The molecule has 1 unspecified atom stereocenters. The topological polar surface area (TPSA) is 12.4 Å². The van der Waals surface area contributed by atoms with Crippen molar-refractivity contribution in [1.82, 2.24) is 0 Å². The normalized spacial score (nSPS) is 16.8. The highest BCUT2D eigenvalue weighted by atomic mass is 14.8. The Hall–Kier alpha value is -0.330. The molecule has 1 heterocycles. The highest BCUT2D eigenvalue weighted by Crippen LogP contribution is 1.98. The predicted octanol–water partition coefficient (Wildman–Crippen LogP) is 3.79. The van der Waals surface area contributed by atoms with E-state index >= 15 is 0 Å². The number of hydrogen-bond acceptors (Lipinski definition) is 1. The molecule has 11 heavy (non-hydrogen) atoms. The zero-order valence-corrected chi connectivity index (χ0v) is 9.31. The molecule has 1 atom stereocenters. The summed E-state index contributed by atoms with van der Waals surface area (Å²) in [6.07, 6.45) is 1.97. The van der Waals surface area contributed by atoms with Crippen LogP contribution in [0.3, 0.4) is 0 Å². The maximum absolute atomic E-state index is 3.87. The fraction of sp³-hybridized carbons (Fsp3) is 0.900. The van der Waals surface area contributed by atoms with Crippen molar-refractivity contribution in [2.45, 2.75) is 48.5 Å². The molecule has 1 aliphatic rings. The summed E-state index contributed by atoms with van der Waals surface area (Å²) in [6.45, 7) is 15.2. The first kappa shape index (κ1) is 17.0. The van der Waals surface area contributed by atoms with E-state index in [4.69, 9.17) is 0 Å². The number of rotatable bonds is 0. The summed E-state index contributed by atoms with van der Waals surface area (Å²) < 4.78 is 0. The minimum absolute atomic E-state index is 0.773. The predicted molar refractivity (Wildman–Crippen MR) is 56.6 cm³/mol. The first-order valence-corrected chi connectivity index (χ1v) is 4.89. The van der Waals surface area contributed by atoms with E-state index in [9.17, 15) is 0 Å². The van der Waals surface area contributed by atoms with Crippen LogP contribution < -0.4 is 0 Å². The zero-order chi connectivity index (χ0) is 9.70. The lowest BCUT2D eigenvalue weighted by atomic mass is 10.1. The van der Waals surface area contributed by atoms with Gasteiger partial charge in [-0.2, -0.15) is 0 Å². The van der Waals surface area contributed by atoms with Gasteiger partial charge in [0.25, 0.3) is 0 Å². The van der Waals surface area contributed by atoms with Crippen LogP contribution in [0.2, 0.25) is 0 Å². The lowest BCUT2D eigenvalue weighted by molar-refractivity contribution is 0.735. The molecule has 0 radical (unpaired) electrons. The maximum Gasteiger partial charge on any atom is 0.0460 e. The van der Waals surface area contributed by atoms with Gasteiger partial charge in [-0.05, 0) is 0 Å². The van der Waals surface area contributed by atoms with Crippen LogP contribution in [-0.2, 0) is 0 Å². The van der Waals surface area contributed by atoms with Gasteiger partial charge in [0.05, 0.1) is 0 Å². The standard InChI is InChI=1S/C4H7N.3C2H6/c1-4-2-5-3-4;3*1-2/h2,4H,3H2,1H3;3*1-2H3. The third-order valence-corrected chi connectivity index (χ3v) is 0.753. The van der Waals surface area contributed by atoms with Gasteiger partial charge in [-0.15, -0.1) is 0 Å². The first-order chi connectivity index (χ1) is 5.39. The molecule has 0 N–H and O–H groups in total. The van der Waals surface area contributed by atoms with Crippen LogP contribution >= 0.6 is 0 Å². The molecule has 0 spiro atoms. The molecule has 0 saturated heterocycles. The Morgan fingerprint density at radius 2 is 1.18 bits per heavy atom. The molecule has 0 fully saturated rings. The van der Waals surface area contributed by atoms with E-state index in [1.165, 1.54) is 0 Å². The second-order valence-electron chi connectivity index (χ2n) is 1.49. The molecule has 0 aliphatic carbocycles. The van der Waals surface area contributed by atoms with Crippen LogP contribution in [0, 0.1) is 5.92 Å². The van der Waals surface area contributed by atoms with Crippen molar-refractivity contribution < 1.29 is 0 Å². The Kier molecular flexibility index (Phi) is 34.9. The molecule has 1 nitrogen and oxygen atoms in total. The average Bonchev–Trinajstić information content (AvgIpc) is 2.12. The number of nitrogens with zero attached hydrogens (tertiary/aromatic N) is 1. The van der Waals surface area contributed by atoms with Gasteiger partial charge < -0.3 is 0 Å². The summed E-state index contributed by atoms with van der Waals surface area (Å²) in [5, 5.41) is 0. The summed E-state index contributed by atoms with van der Waals surface area (Å²) in [6, 6.07) is 0. The molecule has 0 bridgehead atoms. The minimum Gasteiger partial charge on any atom is -0.297 e. The molecular formula is C10H25N. The van der Waals surface area contributed by atoms with E-state index in [1.54, 1.807) is 0 Å². The Balaban J connectivity index is -0.0000000933. The highest BCUT2D eigenvalue weighted by Gasteiger charge is 2.00. The van der Waals surface area contributed by atoms with Gasteiger partial charge in [0.2, 0.25) is 0 Å². The summed E-state index contributed by atoms with van der Waals surface area (Å²) >= 11 is 0. The SMILES string of the molecule is CC.CC.CC.CC1C=NC1. The van der Waals surface area contributed by atoms with Gasteiger partial charge in [0, 0.05) is 18.7 Å². The third kappa shape index (κ3) is 17.7. The smallest absolute Gasteiger partial charge is 0.0460 e. The van der Waals surface area contributed by atoms with Crippen LogP contribution in [-0.4, -0.2) is 12.8 Å². The zero-order valence-electron chi connectivity index (χ0n) is 9.31. The van der Waals surface area contributed by atoms with Crippen molar-refractivity contribution in [3.8, 4) is 0 Å². The first-order valence-electron chi connectivity index (χ1n) is 4.89. The van der Waals surface area contributed by atoms with Crippen molar-refractivity contribution in [2.75, 3.05) is 6.54 Å². The van der Waals surface area contributed by atoms with Gasteiger partial charge in [-0.3, -0.25) is 4.99 Å². The lowest BCUT2D eigenvalue weighted by Crippen LogP contribution is -2.09. The van der Waals surface area contributed by atoms with Gasteiger partial charge >= 0.3 is 0 Å². The summed E-state index contributed by atoms with van der Waals surface area (Å²) in [5.74, 6) is 0.773. The molecule has 0 aromatic heterocycles. The molecular weight excluding hydrogens is 134 g/mol. The lowest BCUT2D eigenvalue weighted by Gasteiger charge is -2.07. The van der Waals surface area contributed by atoms with Gasteiger partial charge in [0.1, 0.15) is 0 Å². The van der Waals surface area contributed by atoms with Crippen molar-refractivity contribution in [1.29, 1.82) is 0 Å². The fourth-order valence-corrected chi connectivity index (χ4v) is 0.316. The molecule has 0 aromatic rings. The molecule has 0 saturated carbocycles. The van der Waals surface area contributed by atoms with Crippen LogP contribution in [0.4, 0.5) is 0 Å². The second-order valence-corrected chi connectivity index (χ2v) is 1.49. The monoisotopic (exact) mass is 159 g/mol. The van der Waals surface area contributed by atoms with E-state index in [1.807, 2.05) is 47.8 Å². The molecule has 0 amide bonds. The molecule has 1 aliphatic heterocycles. The molecule has 70 valence electrons. The van der Waals surface area contributed by atoms with Crippen LogP contribution in [0.5, 0.6) is 0 Å². The van der Waals surface area contributed by atoms with Crippen molar-refractivity contribution in [2.24, 2.45) is 10.9 Å². The Labute approximate surface area is 72.9 Å². The number of hydrogen-bond donors (Lipinski definition) is 0. The van der Waals surface area contributed by atoms with Crippen molar-refractivity contribution in [3.05, 3.63) is 0 Å². The second kappa shape index (κ2) is 22.6. The average molecular weight is 159 g/mol. The Morgan fingerprint density at radius 1 is 1.00 bits per heavy atom. The molecule has 1 heteroatoms. The van der Waals surface area contributed by atoms with Crippen molar-refractivity contribution in [3.63, 3.8) is 0 Å². The Bertz CT molecular complexity index is 57.9. The number of aliphatic imine (C=N–C) groups is 1. The summed E-state index contributed by atoms with van der Waals surface area (Å²) in [4.78, 5) is 3.87.